The first-order chi connectivity index (χ1) is 11.2. The van der Waals surface area contributed by atoms with Crippen molar-refractivity contribution in [2.45, 2.75) is 0 Å². The lowest BCUT2D eigenvalue weighted by atomic mass is 10.2. The monoisotopic (exact) mass is 310 g/mol. The fourth-order valence-corrected chi connectivity index (χ4v) is 1.82. The molecule has 1 N–H and O–H groups in total. The Morgan fingerprint density at radius 2 is 1.87 bits per heavy atom. The van der Waals surface area contributed by atoms with E-state index < -0.39 is 0 Å². The van der Waals surface area contributed by atoms with Crippen LogP contribution in [0.2, 0.25) is 0 Å². The SMILES string of the molecule is O=C(N/N=C\c1ccc(F)cc1)c1ccc(-n2cnnn2)cc1. The van der Waals surface area contributed by atoms with Crippen molar-refractivity contribution >= 4 is 12.1 Å². The first kappa shape index (κ1) is 14.5. The smallest absolute Gasteiger partial charge is 0.267 e. The van der Waals surface area contributed by atoms with E-state index >= 15 is 0 Å². The molecule has 1 aromatic heterocycles. The van der Waals surface area contributed by atoms with Crippen LogP contribution >= 0.6 is 0 Å². The lowest BCUT2D eigenvalue weighted by molar-refractivity contribution is 0.0955. The number of hydrazone groups is 1. The summed E-state index contributed by atoms with van der Waals surface area (Å²) in [5, 5.41) is 14.7. The minimum Gasteiger partial charge on any atom is -0.267 e. The third-order valence-corrected chi connectivity index (χ3v) is 2.99. The molecule has 1 heterocycles. The summed E-state index contributed by atoms with van der Waals surface area (Å²) in [6.07, 6.45) is 2.90. The number of hydrogen-bond donors (Lipinski definition) is 1. The molecule has 0 saturated carbocycles. The zero-order chi connectivity index (χ0) is 16.1. The van der Waals surface area contributed by atoms with Gasteiger partial charge in [0, 0.05) is 5.56 Å². The van der Waals surface area contributed by atoms with E-state index in [9.17, 15) is 9.18 Å². The number of carbonyl (C=O) groups excluding carboxylic acids is 1. The Balaban J connectivity index is 1.63. The van der Waals surface area contributed by atoms with Crippen LogP contribution in [0.1, 0.15) is 15.9 Å². The molecule has 2 aromatic carbocycles. The summed E-state index contributed by atoms with van der Waals surface area (Å²) in [4.78, 5) is 12.0. The maximum atomic E-state index is 12.8. The summed E-state index contributed by atoms with van der Waals surface area (Å²) < 4.78 is 14.2. The van der Waals surface area contributed by atoms with Crippen LogP contribution in [0, 0.1) is 5.82 Å². The number of nitrogens with one attached hydrogen (secondary N) is 1. The molecule has 0 saturated heterocycles. The molecule has 0 atom stereocenters. The third kappa shape index (κ3) is 3.62. The third-order valence-electron chi connectivity index (χ3n) is 2.99. The van der Waals surface area contributed by atoms with Gasteiger partial charge >= 0.3 is 0 Å². The number of halogens is 1. The van der Waals surface area contributed by atoms with Gasteiger partial charge in [-0.05, 0) is 52.4 Å². The zero-order valence-electron chi connectivity index (χ0n) is 11.8. The molecule has 0 radical (unpaired) electrons. The van der Waals surface area contributed by atoms with Crippen LogP contribution < -0.4 is 5.43 Å². The summed E-state index contributed by atoms with van der Waals surface area (Å²) in [7, 11) is 0. The number of nitrogens with zero attached hydrogens (tertiary/aromatic N) is 5. The van der Waals surface area contributed by atoms with Crippen LogP contribution in [0.4, 0.5) is 4.39 Å². The summed E-state index contributed by atoms with van der Waals surface area (Å²) in [6.45, 7) is 0. The van der Waals surface area contributed by atoms with E-state index in [1.54, 1.807) is 36.4 Å². The van der Waals surface area contributed by atoms with Crippen molar-refractivity contribution in [3.05, 3.63) is 71.8 Å². The number of tetrazole rings is 1. The molecule has 0 unspecified atom stereocenters. The number of carbonyl (C=O) groups is 1. The fraction of sp³-hybridized carbons (Fsp3) is 0. The van der Waals surface area contributed by atoms with Gasteiger partial charge in [-0.2, -0.15) is 5.10 Å². The molecule has 114 valence electrons. The molecule has 0 bridgehead atoms. The Morgan fingerprint density at radius 3 is 2.52 bits per heavy atom. The quantitative estimate of drug-likeness (QED) is 0.585. The summed E-state index contributed by atoms with van der Waals surface area (Å²) in [5.41, 5.74) is 4.27. The number of rotatable bonds is 4. The highest BCUT2D eigenvalue weighted by Crippen LogP contribution is 2.07. The second-order valence-electron chi connectivity index (χ2n) is 4.55. The van der Waals surface area contributed by atoms with Gasteiger partial charge in [0.1, 0.15) is 12.1 Å². The van der Waals surface area contributed by atoms with E-state index in [2.05, 4.69) is 26.1 Å². The van der Waals surface area contributed by atoms with E-state index in [1.165, 1.54) is 29.4 Å². The van der Waals surface area contributed by atoms with Crippen LogP contribution in [-0.2, 0) is 0 Å². The molecule has 0 aliphatic carbocycles. The van der Waals surface area contributed by atoms with Gasteiger partial charge in [-0.3, -0.25) is 4.79 Å². The molecule has 8 heteroatoms. The van der Waals surface area contributed by atoms with Crippen LogP contribution in [0.15, 0.2) is 60.0 Å². The predicted octanol–water partition coefficient (Wildman–Crippen LogP) is 1.57. The van der Waals surface area contributed by atoms with Gasteiger partial charge < -0.3 is 0 Å². The summed E-state index contributed by atoms with van der Waals surface area (Å²) >= 11 is 0. The van der Waals surface area contributed by atoms with Crippen molar-refractivity contribution in [3.8, 4) is 5.69 Å². The highest BCUT2D eigenvalue weighted by atomic mass is 19.1. The minimum atomic E-state index is -0.355. The van der Waals surface area contributed by atoms with E-state index in [1.807, 2.05) is 0 Å². The van der Waals surface area contributed by atoms with Crippen LogP contribution in [0.5, 0.6) is 0 Å². The van der Waals surface area contributed by atoms with Gasteiger partial charge in [-0.15, -0.1) is 5.10 Å². The van der Waals surface area contributed by atoms with E-state index in [4.69, 9.17) is 0 Å². The van der Waals surface area contributed by atoms with Gasteiger partial charge in [0.25, 0.3) is 5.91 Å². The Bertz CT molecular complexity index is 812. The molecule has 0 fully saturated rings. The fourth-order valence-electron chi connectivity index (χ4n) is 1.82. The van der Waals surface area contributed by atoms with E-state index in [0.717, 1.165) is 5.69 Å². The van der Waals surface area contributed by atoms with Crippen molar-refractivity contribution in [2.75, 3.05) is 0 Å². The largest absolute Gasteiger partial charge is 0.271 e. The first-order valence-corrected chi connectivity index (χ1v) is 6.65. The molecule has 0 aliphatic heterocycles. The predicted molar refractivity (Wildman–Crippen MR) is 80.6 cm³/mol. The van der Waals surface area contributed by atoms with Crippen LogP contribution in [0.3, 0.4) is 0 Å². The normalized spacial score (nSPS) is 10.8. The van der Waals surface area contributed by atoms with Crippen molar-refractivity contribution in [1.29, 1.82) is 0 Å². The Labute approximate surface area is 130 Å². The zero-order valence-corrected chi connectivity index (χ0v) is 11.8. The number of benzene rings is 2. The van der Waals surface area contributed by atoms with Gasteiger partial charge in [0.2, 0.25) is 0 Å². The topological polar surface area (TPSA) is 85.1 Å². The molecular weight excluding hydrogens is 299 g/mol. The maximum Gasteiger partial charge on any atom is 0.271 e. The maximum absolute atomic E-state index is 12.8. The second kappa shape index (κ2) is 6.56. The number of hydrogen-bond acceptors (Lipinski definition) is 5. The Hall–Kier alpha value is -3.42. The molecule has 3 rings (SSSR count). The Morgan fingerprint density at radius 1 is 1.13 bits per heavy atom. The highest BCUT2D eigenvalue weighted by molar-refractivity contribution is 5.95. The van der Waals surface area contributed by atoms with Crippen molar-refractivity contribution < 1.29 is 9.18 Å². The lowest BCUT2D eigenvalue weighted by Crippen LogP contribution is -2.17. The van der Waals surface area contributed by atoms with Gasteiger partial charge in [0.15, 0.2) is 0 Å². The average Bonchev–Trinajstić information content (AvgIpc) is 3.11. The van der Waals surface area contributed by atoms with Crippen molar-refractivity contribution in [3.63, 3.8) is 0 Å². The lowest BCUT2D eigenvalue weighted by Gasteiger charge is -2.02. The minimum absolute atomic E-state index is 0.325. The standard InChI is InChI=1S/C15H11FN6O/c16-13-5-1-11(2-6-13)9-17-19-15(23)12-3-7-14(8-4-12)22-10-18-20-21-22/h1-10H,(H,19,23)/b17-9-. The van der Waals surface area contributed by atoms with E-state index in [-0.39, 0.29) is 11.7 Å². The average molecular weight is 310 g/mol. The van der Waals surface area contributed by atoms with Gasteiger partial charge in [0.05, 0.1) is 11.9 Å². The first-order valence-electron chi connectivity index (χ1n) is 6.65. The number of aromatic nitrogens is 4. The van der Waals surface area contributed by atoms with Crippen LogP contribution in [-0.4, -0.2) is 32.3 Å². The van der Waals surface area contributed by atoms with Crippen molar-refractivity contribution in [2.24, 2.45) is 5.10 Å². The summed E-state index contributed by atoms with van der Waals surface area (Å²) in [5.74, 6) is -0.680. The molecule has 3 aromatic rings. The van der Waals surface area contributed by atoms with Gasteiger partial charge in [-0.1, -0.05) is 12.1 Å². The van der Waals surface area contributed by atoms with E-state index in [0.29, 0.717) is 11.1 Å². The molecule has 7 nitrogen and oxygen atoms in total. The highest BCUT2D eigenvalue weighted by Gasteiger charge is 2.05. The molecule has 0 aliphatic rings. The number of amides is 1. The Kier molecular flexibility index (Phi) is 4.14. The molecule has 1 amide bonds. The second-order valence-corrected chi connectivity index (χ2v) is 4.55. The van der Waals surface area contributed by atoms with Gasteiger partial charge in [-0.25, -0.2) is 14.5 Å². The summed E-state index contributed by atoms with van der Waals surface area (Å²) in [6, 6.07) is 12.5. The molecular formula is C15H11FN6O. The molecule has 23 heavy (non-hydrogen) atoms. The van der Waals surface area contributed by atoms with Crippen molar-refractivity contribution in [1.82, 2.24) is 25.6 Å². The van der Waals surface area contributed by atoms with Crippen LogP contribution in [0.25, 0.3) is 5.69 Å². The molecule has 0 spiro atoms.